The molecule has 2 radical (unpaired) electrons. The predicted octanol–water partition coefficient (Wildman–Crippen LogP) is 3.23. The van der Waals surface area contributed by atoms with E-state index in [4.69, 9.17) is 18.3 Å². The lowest BCUT2D eigenvalue weighted by Crippen LogP contribution is -2.74. The number of hydrogen-bond donors (Lipinski definition) is 1. The molecule has 128 valence electrons. The van der Waals surface area contributed by atoms with E-state index < -0.39 is 0 Å². The number of nitrogens with two attached hydrogens (primary N) is 1. The van der Waals surface area contributed by atoms with Gasteiger partial charge in [0, 0.05) is 5.54 Å². The van der Waals surface area contributed by atoms with Crippen LogP contribution >= 0.6 is 0 Å². The smallest absolute Gasteiger partial charge is 0.0767 e. The molecule has 2 heterocycles. The average molecular weight is 308 g/mol. The van der Waals surface area contributed by atoms with E-state index in [-0.39, 0.29) is 16.4 Å². The number of piperidine rings is 1. The van der Waals surface area contributed by atoms with Crippen LogP contribution in [0, 0.1) is 11.8 Å². The molecule has 1 aliphatic carbocycles. The molecule has 4 atom stereocenters. The molecule has 1 saturated carbocycles. The molecule has 0 aromatic carbocycles. The van der Waals surface area contributed by atoms with Gasteiger partial charge in [-0.1, -0.05) is 46.4 Å². The summed E-state index contributed by atoms with van der Waals surface area (Å²) >= 11 is 0. The Hall–Kier alpha value is -0.0551. The number of ether oxygens (including phenoxy) is 1. The van der Waals surface area contributed by atoms with Gasteiger partial charge in [-0.25, -0.2) is 0 Å². The fourth-order valence-corrected chi connectivity index (χ4v) is 4.50. The molecule has 2 saturated heterocycles. The maximum Gasteiger partial charge on any atom is 0.0767 e. The van der Waals surface area contributed by atoms with E-state index in [1.54, 1.807) is 0 Å². The molecule has 22 heavy (non-hydrogen) atoms. The Balaban J connectivity index is 0.000000561. The Bertz CT molecular complexity index is 351. The molecule has 0 bridgehead atoms. The fraction of sp³-hybridized carbons (Fsp3) is 1.00. The summed E-state index contributed by atoms with van der Waals surface area (Å²) in [5, 5.41) is -0.240. The molecule has 4 unspecified atom stereocenters. The van der Waals surface area contributed by atoms with Crippen LogP contribution in [0.15, 0.2) is 0 Å². The molecule has 4 heteroatoms. The quantitative estimate of drug-likeness (QED) is 0.698. The van der Waals surface area contributed by atoms with E-state index in [1.165, 1.54) is 12.8 Å². The number of likely N-dealkylation sites (tertiary alicyclic amines) is 1. The molecule has 0 aromatic rings. The maximum absolute atomic E-state index is 6.67. The van der Waals surface area contributed by atoms with Crippen LogP contribution in [0.5, 0.6) is 0 Å². The number of hydrogen-bond acceptors (Lipinski definition) is 3. The summed E-state index contributed by atoms with van der Waals surface area (Å²) in [6, 6.07) is 0. The Morgan fingerprint density at radius 3 is 2.05 bits per heavy atom. The Morgan fingerprint density at radius 1 is 1.05 bits per heavy atom. The van der Waals surface area contributed by atoms with Gasteiger partial charge in [-0.15, -0.1) is 0 Å². The third-order valence-corrected chi connectivity index (χ3v) is 6.39. The molecule has 0 aromatic heterocycles. The first-order valence-corrected chi connectivity index (χ1v) is 9.18. The zero-order chi connectivity index (χ0) is 17.2. The maximum atomic E-state index is 6.67. The summed E-state index contributed by atoms with van der Waals surface area (Å²) in [4.78, 5) is 2.51. The van der Waals surface area contributed by atoms with Crippen LogP contribution in [0.3, 0.4) is 0 Å². The van der Waals surface area contributed by atoms with Crippen molar-refractivity contribution in [3.05, 3.63) is 0 Å². The highest BCUT2D eigenvalue weighted by Gasteiger charge is 2.61. The van der Waals surface area contributed by atoms with E-state index in [0.717, 1.165) is 26.2 Å². The molecule has 0 amide bonds. The Labute approximate surface area is 139 Å². The largest absolute Gasteiger partial charge is 0.377 e. The van der Waals surface area contributed by atoms with E-state index in [9.17, 15) is 0 Å². The molecule has 3 rings (SSSR count). The fourth-order valence-electron chi connectivity index (χ4n) is 4.50. The van der Waals surface area contributed by atoms with Crippen LogP contribution < -0.4 is 5.73 Å². The topological polar surface area (TPSA) is 38.5 Å². The molecule has 1 spiro atoms. The lowest BCUT2D eigenvalue weighted by Gasteiger charge is -2.65. The van der Waals surface area contributed by atoms with Gasteiger partial charge in [0.05, 0.1) is 26.6 Å². The van der Waals surface area contributed by atoms with Crippen molar-refractivity contribution >= 4 is 7.85 Å². The molecular weight excluding hydrogens is 271 g/mol. The van der Waals surface area contributed by atoms with Crippen LogP contribution in [0.25, 0.3) is 0 Å². The normalized spacial score (nSPS) is 42.9. The predicted molar refractivity (Wildman–Crippen MR) is 96.4 cm³/mol. The zero-order valence-electron chi connectivity index (χ0n) is 15.9. The highest BCUT2D eigenvalue weighted by Crippen LogP contribution is 2.58. The van der Waals surface area contributed by atoms with E-state index in [1.807, 2.05) is 27.7 Å². The van der Waals surface area contributed by atoms with Gasteiger partial charge >= 0.3 is 0 Å². The van der Waals surface area contributed by atoms with Gasteiger partial charge in [0.1, 0.15) is 0 Å². The summed E-state index contributed by atoms with van der Waals surface area (Å²) in [7, 11) is 8.71. The molecular formula is C18H37BN2O. The number of nitrogens with zero attached hydrogens (tertiary/aromatic N) is 1. The Kier molecular flexibility index (Phi) is 6.57. The second-order valence-electron chi connectivity index (χ2n) is 7.26. The van der Waals surface area contributed by atoms with Crippen LogP contribution in [0.2, 0.25) is 5.31 Å². The summed E-state index contributed by atoms with van der Waals surface area (Å²) in [5.41, 5.74) is 6.66. The van der Waals surface area contributed by atoms with Crippen molar-refractivity contribution in [2.75, 3.05) is 26.8 Å². The first-order valence-electron chi connectivity index (χ1n) is 9.18. The standard InChI is InChI=1S/C14H25BN2O.2C2H6/c1-12(15)6-4-11-10(13(12,2)16)5-7-17(3)14(11)8-18-9-14;2*1-2/h10-11H,4-9,16H2,1-3H3;2*1-2H3. The van der Waals surface area contributed by atoms with Crippen molar-refractivity contribution in [2.45, 2.75) is 77.2 Å². The molecule has 3 nitrogen and oxygen atoms in total. The number of fused-ring (bicyclic) bond motifs is 2. The van der Waals surface area contributed by atoms with Crippen LogP contribution in [-0.2, 0) is 4.74 Å². The highest BCUT2D eigenvalue weighted by atomic mass is 16.5. The minimum Gasteiger partial charge on any atom is -0.377 e. The zero-order valence-corrected chi connectivity index (χ0v) is 15.9. The minimum absolute atomic E-state index is 0.240. The molecule has 3 fully saturated rings. The molecule has 3 aliphatic rings. The molecule has 2 aliphatic heterocycles. The van der Waals surface area contributed by atoms with Gasteiger partial charge in [-0.05, 0) is 45.2 Å². The van der Waals surface area contributed by atoms with Crippen molar-refractivity contribution in [1.82, 2.24) is 4.90 Å². The number of likely N-dealkylation sites (N-methyl/N-ethyl adjacent to an activating group) is 1. The minimum atomic E-state index is -0.264. The van der Waals surface area contributed by atoms with Gasteiger partial charge in [0.15, 0.2) is 0 Å². The van der Waals surface area contributed by atoms with Crippen molar-refractivity contribution < 1.29 is 4.74 Å². The molecule has 2 N–H and O–H groups in total. The van der Waals surface area contributed by atoms with Gasteiger partial charge in [-0.2, -0.15) is 0 Å². The first kappa shape index (κ1) is 20.0. The summed E-state index contributed by atoms with van der Waals surface area (Å²) in [6.07, 6.45) is 3.39. The monoisotopic (exact) mass is 308 g/mol. The van der Waals surface area contributed by atoms with Crippen LogP contribution in [0.1, 0.15) is 60.8 Å². The number of rotatable bonds is 0. The van der Waals surface area contributed by atoms with E-state index in [0.29, 0.717) is 11.8 Å². The van der Waals surface area contributed by atoms with Gasteiger partial charge < -0.3 is 10.5 Å². The second-order valence-corrected chi connectivity index (χ2v) is 7.26. The third kappa shape index (κ3) is 2.87. The van der Waals surface area contributed by atoms with Crippen molar-refractivity contribution in [3.8, 4) is 0 Å². The van der Waals surface area contributed by atoms with Crippen molar-refractivity contribution in [1.29, 1.82) is 0 Å². The van der Waals surface area contributed by atoms with Gasteiger partial charge in [-0.3, -0.25) is 4.90 Å². The second kappa shape index (κ2) is 7.23. The summed E-state index contributed by atoms with van der Waals surface area (Å²) in [5.74, 6) is 1.18. The SMILES string of the molecule is CC.CC.[B]C1(C)CCC2C(CCN(C)C23COC3)C1(C)N. The highest BCUT2D eigenvalue weighted by molar-refractivity contribution is 6.16. The van der Waals surface area contributed by atoms with Gasteiger partial charge in [0.25, 0.3) is 0 Å². The van der Waals surface area contributed by atoms with Crippen LogP contribution in [-0.4, -0.2) is 50.6 Å². The lowest BCUT2D eigenvalue weighted by atomic mass is 9.44. The summed E-state index contributed by atoms with van der Waals surface area (Å²) in [6.45, 7) is 15.2. The van der Waals surface area contributed by atoms with Crippen LogP contribution in [0.4, 0.5) is 0 Å². The third-order valence-electron chi connectivity index (χ3n) is 6.39. The van der Waals surface area contributed by atoms with E-state index in [2.05, 4.69) is 25.8 Å². The van der Waals surface area contributed by atoms with Gasteiger partial charge in [0.2, 0.25) is 0 Å². The van der Waals surface area contributed by atoms with Crippen molar-refractivity contribution in [2.24, 2.45) is 17.6 Å². The first-order chi connectivity index (χ1) is 10.3. The Morgan fingerprint density at radius 2 is 1.59 bits per heavy atom. The lowest BCUT2D eigenvalue weighted by molar-refractivity contribution is -0.206. The average Bonchev–Trinajstić information content (AvgIpc) is 2.46. The van der Waals surface area contributed by atoms with E-state index >= 15 is 0 Å². The summed E-state index contributed by atoms with van der Waals surface area (Å²) < 4.78 is 5.54. The van der Waals surface area contributed by atoms with Crippen molar-refractivity contribution in [3.63, 3.8) is 0 Å².